The number of nitrogens with zero attached hydrogens (tertiary/aromatic N) is 2. The van der Waals surface area contributed by atoms with E-state index in [-0.39, 0.29) is 12.1 Å². The SMILES string of the molecule is C1=CCC(C2=NC(c3cccc(-c4cccc5c4sc4c(-c6cccc7oc8c9ccccc9ccc8c67)cccc45)c3)N=C(c3ccccc3)N2)C=C1. The molecule has 0 bridgehead atoms. The lowest BCUT2D eigenvalue weighted by Gasteiger charge is -2.26. The molecule has 2 aromatic heterocycles. The van der Waals surface area contributed by atoms with Crippen molar-refractivity contribution in [3.8, 4) is 22.3 Å². The van der Waals surface area contributed by atoms with Crippen molar-refractivity contribution in [1.29, 1.82) is 0 Å². The number of allylic oxidation sites excluding steroid dienone is 3. The highest BCUT2D eigenvalue weighted by atomic mass is 32.1. The first-order valence-corrected chi connectivity index (χ1v) is 19.3. The van der Waals surface area contributed by atoms with Crippen LogP contribution in [-0.2, 0) is 0 Å². The van der Waals surface area contributed by atoms with Gasteiger partial charge in [-0.1, -0.05) is 152 Å². The van der Waals surface area contributed by atoms with Gasteiger partial charge >= 0.3 is 0 Å². The molecule has 2 aliphatic rings. The Morgan fingerprint density at radius 1 is 0.593 bits per heavy atom. The number of aliphatic imine (C=N–C) groups is 2. The maximum Gasteiger partial charge on any atom is 0.169 e. The third-order valence-corrected chi connectivity index (χ3v) is 12.1. The highest BCUT2D eigenvalue weighted by Crippen LogP contribution is 2.47. The van der Waals surface area contributed by atoms with Gasteiger partial charge in [0.2, 0.25) is 0 Å². The average Bonchev–Trinajstić information content (AvgIpc) is 3.83. The third kappa shape index (κ3) is 5.04. The number of benzene rings is 7. The normalized spacial score (nSPS) is 17.0. The van der Waals surface area contributed by atoms with Crippen LogP contribution in [0.2, 0.25) is 0 Å². The Balaban J connectivity index is 1.05. The summed E-state index contributed by atoms with van der Waals surface area (Å²) in [5.41, 5.74) is 8.77. The number of nitrogens with one attached hydrogen (secondary N) is 1. The molecule has 0 saturated heterocycles. The molecule has 9 aromatic rings. The summed E-state index contributed by atoms with van der Waals surface area (Å²) in [7, 11) is 0. The molecule has 1 aliphatic heterocycles. The van der Waals surface area contributed by atoms with Crippen LogP contribution in [0.3, 0.4) is 0 Å². The number of thiophene rings is 1. The van der Waals surface area contributed by atoms with Gasteiger partial charge in [0.25, 0.3) is 0 Å². The van der Waals surface area contributed by atoms with Gasteiger partial charge in [-0.05, 0) is 52.3 Å². The molecule has 7 aromatic carbocycles. The van der Waals surface area contributed by atoms with Gasteiger partial charge in [-0.25, -0.2) is 9.98 Å². The fourth-order valence-electron chi connectivity index (χ4n) is 8.24. The van der Waals surface area contributed by atoms with Gasteiger partial charge in [0.1, 0.15) is 22.8 Å². The van der Waals surface area contributed by atoms with Crippen LogP contribution < -0.4 is 5.32 Å². The Labute approximate surface area is 316 Å². The van der Waals surface area contributed by atoms with E-state index in [0.29, 0.717) is 0 Å². The zero-order chi connectivity index (χ0) is 35.6. The first-order chi connectivity index (χ1) is 26.8. The summed E-state index contributed by atoms with van der Waals surface area (Å²) in [6, 6.07) is 51.9. The van der Waals surface area contributed by atoms with Crippen LogP contribution in [0.4, 0.5) is 0 Å². The number of hydrogen-bond donors (Lipinski definition) is 1. The number of hydrogen-bond acceptors (Lipinski definition) is 5. The molecule has 0 radical (unpaired) electrons. The molecule has 1 N–H and O–H groups in total. The molecule has 0 saturated carbocycles. The Morgan fingerprint density at radius 2 is 1.33 bits per heavy atom. The van der Waals surface area contributed by atoms with E-state index >= 15 is 0 Å². The van der Waals surface area contributed by atoms with Gasteiger partial charge in [-0.2, -0.15) is 0 Å². The van der Waals surface area contributed by atoms with Gasteiger partial charge in [0, 0.05) is 53.4 Å². The molecule has 54 heavy (non-hydrogen) atoms. The van der Waals surface area contributed by atoms with Gasteiger partial charge in [-0.3, -0.25) is 0 Å². The zero-order valence-electron chi connectivity index (χ0n) is 29.2. The minimum atomic E-state index is -0.355. The highest BCUT2D eigenvalue weighted by molar-refractivity contribution is 7.26. The number of furan rings is 1. The van der Waals surface area contributed by atoms with Crippen molar-refractivity contribution >= 4 is 75.9 Å². The van der Waals surface area contributed by atoms with E-state index < -0.39 is 0 Å². The van der Waals surface area contributed by atoms with Crippen LogP contribution in [0.15, 0.2) is 184 Å². The van der Waals surface area contributed by atoms with Crippen LogP contribution >= 0.6 is 11.3 Å². The second-order valence-corrected chi connectivity index (χ2v) is 15.1. The standard InChI is InChI=1S/C49H33N3OS/c1-3-14-31(15-4-1)47-50-48(32-16-5-2-6-17-32)52-49(51-47)34-19-9-18-33(29-34)36-21-10-24-39-40-25-11-23-38(46(40)54-45(36)39)37-22-12-26-42-43(37)41-28-27-30-13-7-8-20-35(30)44(41)53-42/h1-16,18-29,32,49H,17H2,(H,50,51,52). The monoisotopic (exact) mass is 711 g/mol. The van der Waals surface area contributed by atoms with E-state index in [9.17, 15) is 0 Å². The van der Waals surface area contributed by atoms with E-state index in [2.05, 4.69) is 169 Å². The van der Waals surface area contributed by atoms with Crippen LogP contribution in [0.5, 0.6) is 0 Å². The van der Waals surface area contributed by atoms with Crippen molar-refractivity contribution in [3.63, 3.8) is 0 Å². The fraction of sp³-hybridized carbons (Fsp3) is 0.0612. The zero-order valence-corrected chi connectivity index (χ0v) is 30.1. The maximum absolute atomic E-state index is 6.58. The summed E-state index contributed by atoms with van der Waals surface area (Å²) in [6.45, 7) is 0. The smallest absolute Gasteiger partial charge is 0.169 e. The second-order valence-electron chi connectivity index (χ2n) is 14.0. The van der Waals surface area contributed by atoms with Crippen molar-refractivity contribution in [1.82, 2.24) is 5.32 Å². The van der Waals surface area contributed by atoms with Crippen molar-refractivity contribution < 1.29 is 4.42 Å². The molecule has 0 spiro atoms. The maximum atomic E-state index is 6.58. The lowest BCUT2D eigenvalue weighted by atomic mass is 9.96. The van der Waals surface area contributed by atoms with Crippen molar-refractivity contribution in [2.75, 3.05) is 0 Å². The van der Waals surface area contributed by atoms with Crippen LogP contribution in [0.25, 0.3) is 75.1 Å². The lowest BCUT2D eigenvalue weighted by molar-refractivity contribution is 0.673. The Kier molecular flexibility index (Phi) is 7.20. The summed E-state index contributed by atoms with van der Waals surface area (Å²) in [5.74, 6) is 1.99. The first kappa shape index (κ1) is 31.0. The summed E-state index contributed by atoms with van der Waals surface area (Å²) >= 11 is 1.87. The predicted octanol–water partition coefficient (Wildman–Crippen LogP) is 13.0. The molecule has 4 nitrogen and oxygen atoms in total. The lowest BCUT2D eigenvalue weighted by Crippen LogP contribution is -2.39. The van der Waals surface area contributed by atoms with Crippen molar-refractivity contribution in [2.45, 2.75) is 12.6 Å². The van der Waals surface area contributed by atoms with Crippen molar-refractivity contribution in [3.05, 3.63) is 181 Å². The molecule has 2 unspecified atom stereocenters. The topological polar surface area (TPSA) is 49.9 Å². The summed E-state index contributed by atoms with van der Waals surface area (Å²) < 4.78 is 9.13. The molecule has 5 heteroatoms. The largest absolute Gasteiger partial charge is 0.455 e. The van der Waals surface area contributed by atoms with E-state index in [1.165, 1.54) is 42.2 Å². The molecule has 2 atom stereocenters. The van der Waals surface area contributed by atoms with Gasteiger partial charge < -0.3 is 9.73 Å². The number of amidine groups is 2. The number of rotatable bonds is 5. The third-order valence-electron chi connectivity index (χ3n) is 10.8. The molecular formula is C49H33N3OS. The Bertz CT molecular complexity index is 3070. The van der Waals surface area contributed by atoms with E-state index in [1.807, 2.05) is 17.4 Å². The molecule has 0 fully saturated rings. The predicted molar refractivity (Wildman–Crippen MR) is 228 cm³/mol. The Hall–Kier alpha value is -6.56. The number of fused-ring (bicyclic) bond motifs is 8. The van der Waals surface area contributed by atoms with Gasteiger partial charge in [0.05, 0.1) is 0 Å². The summed E-state index contributed by atoms with van der Waals surface area (Å²) in [4.78, 5) is 10.4. The summed E-state index contributed by atoms with van der Waals surface area (Å²) in [6.07, 6.45) is 9.20. The van der Waals surface area contributed by atoms with E-state index in [4.69, 9.17) is 14.4 Å². The second kappa shape index (κ2) is 12.5. The van der Waals surface area contributed by atoms with Crippen molar-refractivity contribution in [2.24, 2.45) is 15.9 Å². The van der Waals surface area contributed by atoms with Gasteiger partial charge in [-0.15, -0.1) is 11.3 Å². The molecular weight excluding hydrogens is 679 g/mol. The van der Waals surface area contributed by atoms with Crippen LogP contribution in [0.1, 0.15) is 23.7 Å². The fourth-order valence-corrected chi connectivity index (χ4v) is 9.60. The first-order valence-electron chi connectivity index (χ1n) is 18.5. The quantitative estimate of drug-likeness (QED) is 0.193. The van der Waals surface area contributed by atoms with E-state index in [1.54, 1.807) is 0 Å². The molecule has 0 amide bonds. The molecule has 11 rings (SSSR count). The van der Waals surface area contributed by atoms with Gasteiger partial charge in [0.15, 0.2) is 6.17 Å². The molecule has 3 heterocycles. The van der Waals surface area contributed by atoms with Crippen LogP contribution in [-0.4, -0.2) is 11.7 Å². The summed E-state index contributed by atoms with van der Waals surface area (Å²) in [5, 5.41) is 10.7. The Morgan fingerprint density at radius 3 is 2.20 bits per heavy atom. The minimum Gasteiger partial charge on any atom is -0.455 e. The van der Waals surface area contributed by atoms with Crippen LogP contribution in [0, 0.1) is 5.92 Å². The minimum absolute atomic E-state index is 0.182. The average molecular weight is 712 g/mol. The molecule has 1 aliphatic carbocycles. The van der Waals surface area contributed by atoms with E-state index in [0.717, 1.165) is 62.1 Å². The highest BCUT2D eigenvalue weighted by Gasteiger charge is 2.25. The molecule has 256 valence electrons.